The Hall–Kier alpha value is -5.81. The van der Waals surface area contributed by atoms with E-state index in [1.165, 1.54) is 36.4 Å². The number of fused-ring (bicyclic) bond motifs is 4. The van der Waals surface area contributed by atoms with Crippen LogP contribution >= 0.6 is 11.6 Å². The Morgan fingerprint density at radius 2 is 1.11 bits per heavy atom. The number of H-pyrrole nitrogens is 2. The summed E-state index contributed by atoms with van der Waals surface area (Å²) in [5, 5.41) is 1.95. The molecule has 2 N–H and O–H groups in total. The van der Waals surface area contributed by atoms with Crippen molar-refractivity contribution in [1.82, 2.24) is 29.9 Å². The predicted molar refractivity (Wildman–Crippen MR) is 238 cm³/mol. The summed E-state index contributed by atoms with van der Waals surface area (Å²) in [6.07, 6.45) is 12.2. The number of carbonyl (C=O) groups excluding carboxylic acids is 1. The molecule has 2 aliphatic rings. The van der Waals surface area contributed by atoms with Gasteiger partial charge < -0.3 is 14.7 Å². The van der Waals surface area contributed by atoms with Gasteiger partial charge in [-0.1, -0.05) is 25.4 Å². The van der Waals surface area contributed by atoms with Crippen molar-refractivity contribution in [2.45, 2.75) is 88.9 Å². The van der Waals surface area contributed by atoms with Gasteiger partial charge in [0.1, 0.15) is 29.1 Å². The number of ether oxygens (including phenoxy) is 1. The zero-order valence-corrected chi connectivity index (χ0v) is 35.7. The molecule has 318 valence electrons. The van der Waals surface area contributed by atoms with Gasteiger partial charge in [-0.05, 0) is 159 Å². The molecule has 4 aromatic heterocycles. The molecule has 0 saturated heterocycles. The fraction of sp³-hybridized carbons (Fsp3) is 0.340. The summed E-state index contributed by atoms with van der Waals surface area (Å²) in [5.41, 5.74) is 7.71. The highest BCUT2D eigenvalue weighted by Crippen LogP contribution is 2.44. The summed E-state index contributed by atoms with van der Waals surface area (Å²) >= 11 is 5.89. The number of imidazole rings is 2. The number of methoxy groups -OCH3 is 1. The van der Waals surface area contributed by atoms with Crippen molar-refractivity contribution in [3.8, 4) is 0 Å². The first kappa shape index (κ1) is 41.5. The Morgan fingerprint density at radius 3 is 1.63 bits per heavy atom. The van der Waals surface area contributed by atoms with Crippen LogP contribution < -0.4 is 0 Å². The lowest BCUT2D eigenvalue weighted by Crippen LogP contribution is -2.19. The molecule has 8 aromatic rings. The van der Waals surface area contributed by atoms with Crippen molar-refractivity contribution in [2.75, 3.05) is 7.11 Å². The van der Waals surface area contributed by atoms with Gasteiger partial charge in [0, 0.05) is 41.1 Å². The normalized spacial score (nSPS) is 20.2. The number of halogens is 4. The van der Waals surface area contributed by atoms with Crippen molar-refractivity contribution in [3.63, 3.8) is 0 Å². The molecule has 62 heavy (non-hydrogen) atoms. The summed E-state index contributed by atoms with van der Waals surface area (Å²) < 4.78 is 46.2. The van der Waals surface area contributed by atoms with Crippen LogP contribution in [-0.4, -0.2) is 43.0 Å². The molecule has 2 atom stereocenters. The molecule has 2 saturated carbocycles. The summed E-state index contributed by atoms with van der Waals surface area (Å²) in [6, 6.07) is 22.1. The summed E-state index contributed by atoms with van der Waals surface area (Å²) in [6.45, 7) is 4.40. The average molecular weight is 857 g/mol. The van der Waals surface area contributed by atoms with Crippen molar-refractivity contribution >= 4 is 61.4 Å². The number of hydrogen-bond acceptors (Lipinski definition) is 6. The zero-order valence-electron chi connectivity index (χ0n) is 34.9. The quantitative estimate of drug-likeness (QED) is 0.155. The van der Waals surface area contributed by atoms with E-state index in [1.54, 1.807) is 42.5 Å². The van der Waals surface area contributed by atoms with E-state index in [1.807, 2.05) is 30.6 Å². The smallest absolute Gasteiger partial charge is 0.337 e. The van der Waals surface area contributed by atoms with Crippen LogP contribution in [0.25, 0.3) is 43.9 Å². The molecule has 10 rings (SSSR count). The number of nitrogens with zero attached hydrogens (tertiary/aromatic N) is 4. The van der Waals surface area contributed by atoms with E-state index in [4.69, 9.17) is 21.3 Å². The van der Waals surface area contributed by atoms with E-state index in [9.17, 15) is 18.0 Å². The highest BCUT2D eigenvalue weighted by atomic mass is 35.5. The number of carbonyl (C=O) groups is 1. The molecule has 0 bridgehead atoms. The summed E-state index contributed by atoms with van der Waals surface area (Å²) in [5.74, 6) is 3.00. The number of aromatic nitrogens is 6. The Bertz CT molecular complexity index is 2880. The van der Waals surface area contributed by atoms with Crippen molar-refractivity contribution in [1.29, 1.82) is 0 Å². The Kier molecular flexibility index (Phi) is 11.7. The summed E-state index contributed by atoms with van der Waals surface area (Å²) in [4.78, 5) is 36.7. The highest BCUT2D eigenvalue weighted by molar-refractivity contribution is 6.31. The Balaban J connectivity index is 0.000000158. The van der Waals surface area contributed by atoms with Gasteiger partial charge in [-0.15, -0.1) is 0 Å². The molecule has 0 aliphatic heterocycles. The van der Waals surface area contributed by atoms with Crippen LogP contribution in [-0.2, 0) is 4.74 Å². The third-order valence-electron chi connectivity index (χ3n) is 13.6. The lowest BCUT2D eigenvalue weighted by molar-refractivity contribution is 0.0601. The third kappa shape index (κ3) is 8.39. The maximum Gasteiger partial charge on any atom is 0.337 e. The number of hydrogen-bond donors (Lipinski definition) is 2. The lowest BCUT2D eigenvalue weighted by Gasteiger charge is -2.32. The number of benzene rings is 4. The van der Waals surface area contributed by atoms with Crippen LogP contribution in [0.4, 0.5) is 13.2 Å². The van der Waals surface area contributed by atoms with Gasteiger partial charge in [0.05, 0.1) is 50.8 Å². The largest absolute Gasteiger partial charge is 0.465 e. The molecule has 0 radical (unpaired) electrons. The van der Waals surface area contributed by atoms with E-state index >= 15 is 0 Å². The second-order valence-corrected chi connectivity index (χ2v) is 17.6. The predicted octanol–water partition coefficient (Wildman–Crippen LogP) is 13.2. The molecule has 0 amide bonds. The first-order valence-electron chi connectivity index (χ1n) is 21.5. The standard InChI is InChI=1S/C26H26FN3O2.C24H22ClF2N3/c1-15(25-29-23-9-7-18(26(31)32-2)13-24(23)30-25)16-3-5-17(6-4-16)20-11-12-28-22-10-8-19(27)14-21(20)22;1-13(24-29-22-11-19(25)20(27)12-23(22)30-24)14-2-4-15(5-3-14)17-8-9-28-21-7-6-16(26)10-18(17)21/h7-17H,3-6H2,1-2H3,(H,29,30);6-15H,2-5H2,1H3,(H,29,30)/t15-,16?,17?;13-,14?,15?/m00/s1. The first-order chi connectivity index (χ1) is 30.0. The topological polar surface area (TPSA) is 109 Å². The third-order valence-corrected chi connectivity index (χ3v) is 13.9. The minimum Gasteiger partial charge on any atom is -0.465 e. The van der Waals surface area contributed by atoms with E-state index in [2.05, 4.69) is 38.8 Å². The number of esters is 1. The van der Waals surface area contributed by atoms with Crippen molar-refractivity contribution < 1.29 is 22.7 Å². The molecule has 0 spiro atoms. The number of rotatable bonds is 7. The number of nitrogens with one attached hydrogen (secondary N) is 2. The fourth-order valence-corrected chi connectivity index (χ4v) is 10.2. The van der Waals surface area contributed by atoms with Crippen LogP contribution in [0.2, 0.25) is 5.02 Å². The molecule has 4 heterocycles. The van der Waals surface area contributed by atoms with Crippen LogP contribution in [0, 0.1) is 29.3 Å². The number of aromatic amines is 2. The van der Waals surface area contributed by atoms with Crippen LogP contribution in [0.1, 0.15) is 122 Å². The van der Waals surface area contributed by atoms with Crippen LogP contribution in [0.15, 0.2) is 91.3 Å². The van der Waals surface area contributed by atoms with Crippen molar-refractivity contribution in [2.24, 2.45) is 11.8 Å². The minimum absolute atomic E-state index is 0.0923. The second kappa shape index (κ2) is 17.5. The van der Waals surface area contributed by atoms with E-state index < -0.39 is 5.82 Å². The molecule has 12 heteroatoms. The van der Waals surface area contributed by atoms with Crippen molar-refractivity contribution in [3.05, 3.63) is 142 Å². The Morgan fingerprint density at radius 1 is 0.629 bits per heavy atom. The highest BCUT2D eigenvalue weighted by Gasteiger charge is 2.31. The van der Waals surface area contributed by atoms with Gasteiger partial charge in [0.15, 0.2) is 0 Å². The maximum absolute atomic E-state index is 13.9. The van der Waals surface area contributed by atoms with E-state index in [0.29, 0.717) is 40.3 Å². The molecular formula is C50H48ClF3N6O2. The van der Waals surface area contributed by atoms with E-state index in [0.717, 1.165) is 95.9 Å². The molecule has 2 fully saturated rings. The minimum atomic E-state index is -0.437. The van der Waals surface area contributed by atoms with Gasteiger partial charge in [-0.3, -0.25) is 9.97 Å². The first-order valence-corrected chi connectivity index (χ1v) is 21.9. The molecule has 2 aliphatic carbocycles. The van der Waals surface area contributed by atoms with Gasteiger partial charge in [-0.2, -0.15) is 0 Å². The second-order valence-electron chi connectivity index (χ2n) is 17.2. The van der Waals surface area contributed by atoms with Crippen LogP contribution in [0.3, 0.4) is 0 Å². The fourth-order valence-electron chi connectivity index (χ4n) is 10.0. The zero-order chi connectivity index (χ0) is 43.1. The number of pyridine rings is 2. The molecular weight excluding hydrogens is 809 g/mol. The molecule has 8 nitrogen and oxygen atoms in total. The molecule has 0 unspecified atom stereocenters. The van der Waals surface area contributed by atoms with Gasteiger partial charge in [-0.25, -0.2) is 27.9 Å². The van der Waals surface area contributed by atoms with Crippen LogP contribution in [0.5, 0.6) is 0 Å². The monoisotopic (exact) mass is 856 g/mol. The maximum atomic E-state index is 13.9. The van der Waals surface area contributed by atoms with E-state index in [-0.39, 0.29) is 34.5 Å². The van der Waals surface area contributed by atoms with Gasteiger partial charge in [0.25, 0.3) is 0 Å². The molecule has 4 aromatic carbocycles. The lowest BCUT2D eigenvalue weighted by atomic mass is 9.73. The van der Waals surface area contributed by atoms with Gasteiger partial charge >= 0.3 is 5.97 Å². The summed E-state index contributed by atoms with van der Waals surface area (Å²) in [7, 11) is 1.38. The SMILES string of the molecule is COC(=O)c1ccc2nc([C@@H](C)C3CCC(c4ccnc5ccc(F)cc45)CC3)[nH]c2c1.C[C@H](c1nc2cc(Cl)c(F)cc2[nH]1)C1CCC(c2ccnc3ccc(F)cc23)CC1. The Labute approximate surface area is 362 Å². The van der Waals surface area contributed by atoms with Gasteiger partial charge in [0.2, 0.25) is 0 Å². The average Bonchev–Trinajstić information content (AvgIpc) is 3.92.